The van der Waals surface area contributed by atoms with E-state index in [0.717, 1.165) is 51.6 Å². The van der Waals surface area contributed by atoms with E-state index in [-0.39, 0.29) is 36.1 Å². The quantitative estimate of drug-likeness (QED) is 0.553. The van der Waals surface area contributed by atoms with E-state index in [4.69, 9.17) is 14.2 Å². The van der Waals surface area contributed by atoms with Crippen molar-refractivity contribution in [1.82, 2.24) is 0 Å². The first-order valence-electron chi connectivity index (χ1n) is 9.98. The first kappa shape index (κ1) is 19.3. The average Bonchev–Trinajstić information content (AvgIpc) is 3.02. The number of ether oxygens (including phenoxy) is 3. The molecular weight excluding hydrogens is 332 g/mol. The van der Waals surface area contributed by atoms with Crippen molar-refractivity contribution in [3.8, 4) is 0 Å². The standard InChI is InChI=1S/C21H30O5/c1-15-7-3-2-4-8-16-13-17(26-21-9-5-6-12-24-21)14-18(16)19(22)10-11-20(23)25-15/h4,8,10-11,15-18,21H,2-3,5-7,9,12-14H2,1H3/b8-4+,11-10-/t15-,16+,17-,18+,21?/m0/s1. The molecule has 2 aliphatic heterocycles. The molecule has 1 aliphatic carbocycles. The zero-order valence-electron chi connectivity index (χ0n) is 15.6. The summed E-state index contributed by atoms with van der Waals surface area (Å²) in [5.41, 5.74) is 0. The van der Waals surface area contributed by atoms with Gasteiger partial charge in [-0.2, -0.15) is 0 Å². The fourth-order valence-corrected chi connectivity index (χ4v) is 4.07. The Morgan fingerprint density at radius 3 is 2.77 bits per heavy atom. The first-order chi connectivity index (χ1) is 12.6. The van der Waals surface area contributed by atoms with Gasteiger partial charge >= 0.3 is 5.97 Å². The molecule has 3 aliphatic rings. The van der Waals surface area contributed by atoms with Crippen LogP contribution in [0.15, 0.2) is 24.3 Å². The molecule has 1 saturated carbocycles. The Morgan fingerprint density at radius 1 is 1.08 bits per heavy atom. The van der Waals surface area contributed by atoms with E-state index < -0.39 is 5.97 Å². The van der Waals surface area contributed by atoms with Gasteiger partial charge in [-0.1, -0.05) is 12.2 Å². The average molecular weight is 362 g/mol. The third-order valence-corrected chi connectivity index (χ3v) is 5.48. The van der Waals surface area contributed by atoms with Crippen molar-refractivity contribution in [2.75, 3.05) is 6.61 Å². The largest absolute Gasteiger partial charge is 0.460 e. The second-order valence-electron chi connectivity index (χ2n) is 7.64. The number of cyclic esters (lactones) is 1. The van der Waals surface area contributed by atoms with Crippen LogP contribution >= 0.6 is 0 Å². The van der Waals surface area contributed by atoms with E-state index in [0.29, 0.717) is 6.42 Å². The van der Waals surface area contributed by atoms with E-state index in [1.807, 2.05) is 6.92 Å². The Kier molecular flexibility index (Phi) is 7.03. The Labute approximate surface area is 155 Å². The van der Waals surface area contributed by atoms with Gasteiger partial charge in [-0.3, -0.25) is 4.79 Å². The predicted molar refractivity (Wildman–Crippen MR) is 97.4 cm³/mol. The highest BCUT2D eigenvalue weighted by molar-refractivity contribution is 5.97. The van der Waals surface area contributed by atoms with Gasteiger partial charge in [-0.15, -0.1) is 0 Å². The second-order valence-corrected chi connectivity index (χ2v) is 7.64. The molecule has 0 spiro atoms. The summed E-state index contributed by atoms with van der Waals surface area (Å²) < 4.78 is 17.1. The Hall–Kier alpha value is -1.46. The molecule has 1 unspecified atom stereocenters. The Morgan fingerprint density at radius 2 is 1.96 bits per heavy atom. The van der Waals surface area contributed by atoms with Gasteiger partial charge in [0.2, 0.25) is 0 Å². The van der Waals surface area contributed by atoms with Crippen molar-refractivity contribution < 1.29 is 23.8 Å². The summed E-state index contributed by atoms with van der Waals surface area (Å²) in [6.07, 6.45) is 14.2. The summed E-state index contributed by atoms with van der Waals surface area (Å²) in [4.78, 5) is 24.5. The van der Waals surface area contributed by atoms with Crippen LogP contribution in [0.5, 0.6) is 0 Å². The number of carbonyl (C=O) groups is 2. The summed E-state index contributed by atoms with van der Waals surface area (Å²) in [7, 11) is 0. The second kappa shape index (κ2) is 9.47. The number of hydrogen-bond acceptors (Lipinski definition) is 5. The molecule has 5 nitrogen and oxygen atoms in total. The fourth-order valence-electron chi connectivity index (χ4n) is 4.07. The molecule has 0 radical (unpaired) electrons. The predicted octanol–water partition coefficient (Wildman–Crippen LogP) is 3.72. The lowest BCUT2D eigenvalue weighted by molar-refractivity contribution is -0.187. The van der Waals surface area contributed by atoms with Gasteiger partial charge in [-0.25, -0.2) is 4.79 Å². The van der Waals surface area contributed by atoms with Crippen LogP contribution in [0.1, 0.15) is 58.3 Å². The molecule has 2 heterocycles. The minimum atomic E-state index is -0.434. The third-order valence-electron chi connectivity index (χ3n) is 5.48. The summed E-state index contributed by atoms with van der Waals surface area (Å²) in [6, 6.07) is 0. The molecule has 5 atom stereocenters. The third kappa shape index (κ3) is 5.52. The molecule has 1 saturated heterocycles. The smallest absolute Gasteiger partial charge is 0.331 e. The van der Waals surface area contributed by atoms with Gasteiger partial charge in [-0.05, 0) is 70.3 Å². The SMILES string of the molecule is C[C@H]1CCC/C=C/[C@@H]2C[C@H](OC3CCCCO3)C[C@H]2C(=O)/C=C\C(=O)O1. The molecule has 0 bridgehead atoms. The molecule has 0 N–H and O–H groups in total. The minimum Gasteiger partial charge on any atom is -0.460 e. The normalized spacial score (nSPS) is 39.0. The number of hydrogen-bond donors (Lipinski definition) is 0. The number of rotatable bonds is 2. The molecule has 0 aromatic heterocycles. The van der Waals surface area contributed by atoms with E-state index in [1.165, 1.54) is 12.2 Å². The van der Waals surface area contributed by atoms with Crippen LogP contribution in [-0.4, -0.2) is 36.9 Å². The fraction of sp³-hybridized carbons (Fsp3) is 0.714. The van der Waals surface area contributed by atoms with Gasteiger partial charge in [0.25, 0.3) is 0 Å². The van der Waals surface area contributed by atoms with E-state index >= 15 is 0 Å². The van der Waals surface area contributed by atoms with Crippen molar-refractivity contribution >= 4 is 11.8 Å². The maximum absolute atomic E-state index is 12.6. The van der Waals surface area contributed by atoms with Gasteiger partial charge in [0.05, 0.1) is 12.2 Å². The number of allylic oxidation sites excluding steroid dienone is 3. The van der Waals surface area contributed by atoms with Crippen LogP contribution in [0.2, 0.25) is 0 Å². The van der Waals surface area contributed by atoms with Crippen LogP contribution in [0, 0.1) is 11.8 Å². The van der Waals surface area contributed by atoms with Crippen molar-refractivity contribution in [3.05, 3.63) is 24.3 Å². The van der Waals surface area contributed by atoms with Crippen LogP contribution in [0.25, 0.3) is 0 Å². The molecule has 3 rings (SSSR count). The maximum atomic E-state index is 12.6. The number of carbonyl (C=O) groups excluding carboxylic acids is 2. The number of esters is 1. The van der Waals surface area contributed by atoms with Gasteiger partial charge in [0, 0.05) is 18.6 Å². The molecule has 0 aromatic rings. The Bertz CT molecular complexity index is 547. The lowest BCUT2D eigenvalue weighted by Crippen LogP contribution is -2.27. The lowest BCUT2D eigenvalue weighted by atomic mass is 9.91. The van der Waals surface area contributed by atoms with Crippen LogP contribution in [0.3, 0.4) is 0 Å². The highest BCUT2D eigenvalue weighted by Gasteiger charge is 2.38. The van der Waals surface area contributed by atoms with Gasteiger partial charge < -0.3 is 14.2 Å². The molecule has 0 aromatic carbocycles. The summed E-state index contributed by atoms with van der Waals surface area (Å²) in [5.74, 6) is -0.424. The summed E-state index contributed by atoms with van der Waals surface area (Å²) in [6.45, 7) is 2.65. The highest BCUT2D eigenvalue weighted by atomic mass is 16.7. The zero-order chi connectivity index (χ0) is 18.4. The van der Waals surface area contributed by atoms with Gasteiger partial charge in [0.15, 0.2) is 12.1 Å². The van der Waals surface area contributed by atoms with Crippen LogP contribution in [0.4, 0.5) is 0 Å². The first-order valence-corrected chi connectivity index (χ1v) is 9.98. The Balaban J connectivity index is 1.66. The maximum Gasteiger partial charge on any atom is 0.331 e. The van der Waals surface area contributed by atoms with Crippen LogP contribution < -0.4 is 0 Å². The lowest BCUT2D eigenvalue weighted by Gasteiger charge is -2.25. The van der Waals surface area contributed by atoms with Gasteiger partial charge in [0.1, 0.15) is 0 Å². The van der Waals surface area contributed by atoms with Crippen molar-refractivity contribution in [1.29, 1.82) is 0 Å². The minimum absolute atomic E-state index is 0.0147. The van der Waals surface area contributed by atoms with E-state index in [9.17, 15) is 9.59 Å². The molecule has 5 heteroatoms. The van der Waals surface area contributed by atoms with E-state index in [2.05, 4.69) is 12.2 Å². The molecule has 0 amide bonds. The summed E-state index contributed by atoms with van der Waals surface area (Å²) in [5, 5.41) is 0. The molecular formula is C21H30O5. The number of fused-ring (bicyclic) bond motifs is 1. The highest BCUT2D eigenvalue weighted by Crippen LogP contribution is 2.37. The van der Waals surface area contributed by atoms with Crippen molar-refractivity contribution in [2.45, 2.75) is 76.8 Å². The summed E-state index contributed by atoms with van der Waals surface area (Å²) >= 11 is 0. The van der Waals surface area contributed by atoms with Crippen molar-refractivity contribution in [3.63, 3.8) is 0 Å². The van der Waals surface area contributed by atoms with E-state index in [1.54, 1.807) is 0 Å². The molecule has 144 valence electrons. The van der Waals surface area contributed by atoms with Crippen molar-refractivity contribution in [2.24, 2.45) is 11.8 Å². The van der Waals surface area contributed by atoms with Crippen LogP contribution in [-0.2, 0) is 23.8 Å². The monoisotopic (exact) mass is 362 g/mol. The molecule has 2 fully saturated rings. The number of ketones is 1. The molecule has 26 heavy (non-hydrogen) atoms. The topological polar surface area (TPSA) is 61.8 Å². The zero-order valence-corrected chi connectivity index (χ0v) is 15.6.